The van der Waals surface area contributed by atoms with Crippen LogP contribution in [0.25, 0.3) is 0 Å². The predicted octanol–water partition coefficient (Wildman–Crippen LogP) is 4.34. The number of hydrogen-bond acceptors (Lipinski definition) is 1. The minimum Gasteiger partial charge on any atom is -0.294 e. The van der Waals surface area contributed by atoms with Crippen LogP contribution in [0.5, 0.6) is 0 Å². The van der Waals surface area contributed by atoms with Gasteiger partial charge in [0.25, 0.3) is 0 Å². The van der Waals surface area contributed by atoms with Gasteiger partial charge < -0.3 is 0 Å². The molecule has 19 heavy (non-hydrogen) atoms. The molecule has 0 N–H and O–H groups in total. The second-order valence-corrected chi connectivity index (χ2v) is 4.93. The second kappa shape index (κ2) is 4.42. The first-order valence-corrected chi connectivity index (χ1v) is 6.23. The van der Waals surface area contributed by atoms with Gasteiger partial charge in [-0.1, -0.05) is 35.9 Å². The molecule has 1 aliphatic rings. The number of hydrogen-bond donors (Lipinski definition) is 0. The van der Waals surface area contributed by atoms with Crippen LogP contribution in [0.3, 0.4) is 0 Å². The summed E-state index contributed by atoms with van der Waals surface area (Å²) in [5.74, 6) is -2.14. The molecule has 0 heterocycles. The molecule has 1 nitrogen and oxygen atoms in total. The maximum Gasteiger partial charge on any atom is 0.164 e. The van der Waals surface area contributed by atoms with E-state index in [4.69, 9.17) is 11.6 Å². The standard InChI is InChI=1S/C15H9ClF2O/c16-11-5-6-12(17)14(15(11)18)10-7-13(19)9-4-2-1-3-8(9)10/h1-6,10H,7H2/t10-/m0/s1. The summed E-state index contributed by atoms with van der Waals surface area (Å²) in [6.07, 6.45) is 0.0769. The molecule has 0 fully saturated rings. The van der Waals surface area contributed by atoms with Crippen molar-refractivity contribution in [3.63, 3.8) is 0 Å². The topological polar surface area (TPSA) is 17.1 Å². The highest BCUT2D eigenvalue weighted by Crippen LogP contribution is 2.41. The normalized spacial score (nSPS) is 17.6. The Morgan fingerprint density at radius 2 is 1.84 bits per heavy atom. The minimum absolute atomic E-state index is 0.0769. The molecule has 0 amide bonds. The van der Waals surface area contributed by atoms with Crippen molar-refractivity contribution >= 4 is 17.4 Å². The number of fused-ring (bicyclic) bond motifs is 1. The average molecular weight is 279 g/mol. The van der Waals surface area contributed by atoms with Gasteiger partial charge in [-0.05, 0) is 17.7 Å². The minimum atomic E-state index is -0.781. The van der Waals surface area contributed by atoms with E-state index in [0.29, 0.717) is 11.1 Å². The Labute approximate surface area is 113 Å². The Morgan fingerprint density at radius 3 is 2.63 bits per heavy atom. The van der Waals surface area contributed by atoms with E-state index in [-0.39, 0.29) is 22.8 Å². The molecule has 0 unspecified atom stereocenters. The van der Waals surface area contributed by atoms with Crippen LogP contribution in [-0.4, -0.2) is 5.78 Å². The number of ketones is 1. The number of rotatable bonds is 1. The molecule has 0 radical (unpaired) electrons. The number of Topliss-reactive ketones (excluding diaryl/α,β-unsaturated/α-hetero) is 1. The third kappa shape index (κ3) is 1.85. The van der Waals surface area contributed by atoms with Crippen LogP contribution in [0.15, 0.2) is 36.4 Å². The monoisotopic (exact) mass is 278 g/mol. The summed E-state index contributed by atoms with van der Waals surface area (Å²) in [7, 11) is 0. The van der Waals surface area contributed by atoms with Crippen molar-refractivity contribution in [3.05, 3.63) is 69.7 Å². The molecule has 1 aliphatic carbocycles. The Bertz CT molecular complexity index is 682. The lowest BCUT2D eigenvalue weighted by Crippen LogP contribution is -2.04. The summed E-state index contributed by atoms with van der Waals surface area (Å²) in [4.78, 5) is 11.9. The number of benzene rings is 2. The van der Waals surface area contributed by atoms with E-state index in [1.165, 1.54) is 6.07 Å². The van der Waals surface area contributed by atoms with Gasteiger partial charge in [0.2, 0.25) is 0 Å². The van der Waals surface area contributed by atoms with Gasteiger partial charge in [-0.3, -0.25) is 4.79 Å². The van der Waals surface area contributed by atoms with Crippen molar-refractivity contribution in [2.24, 2.45) is 0 Å². The Hall–Kier alpha value is -1.74. The molecule has 0 bridgehead atoms. The van der Waals surface area contributed by atoms with Gasteiger partial charge in [-0.2, -0.15) is 0 Å². The number of halogens is 3. The Morgan fingerprint density at radius 1 is 1.11 bits per heavy atom. The van der Waals surface area contributed by atoms with Crippen LogP contribution in [0.1, 0.15) is 33.8 Å². The van der Waals surface area contributed by atoms with Gasteiger partial charge in [0.05, 0.1) is 5.02 Å². The first-order chi connectivity index (χ1) is 9.09. The van der Waals surface area contributed by atoms with Crippen LogP contribution in [0.4, 0.5) is 8.78 Å². The van der Waals surface area contributed by atoms with Crippen LogP contribution in [0.2, 0.25) is 5.02 Å². The Kier molecular flexibility index (Phi) is 2.86. The zero-order valence-electron chi connectivity index (χ0n) is 9.79. The molecule has 2 aromatic rings. The van der Waals surface area contributed by atoms with E-state index in [0.717, 1.165) is 6.07 Å². The van der Waals surface area contributed by atoms with Crippen LogP contribution in [-0.2, 0) is 0 Å². The highest BCUT2D eigenvalue weighted by Gasteiger charge is 2.34. The third-order valence-electron chi connectivity index (χ3n) is 3.45. The summed E-state index contributed by atoms with van der Waals surface area (Å²) in [6.45, 7) is 0. The predicted molar refractivity (Wildman–Crippen MR) is 68.6 cm³/mol. The number of carbonyl (C=O) groups is 1. The molecule has 96 valence electrons. The second-order valence-electron chi connectivity index (χ2n) is 4.52. The van der Waals surface area contributed by atoms with Crippen molar-refractivity contribution < 1.29 is 13.6 Å². The molecule has 0 aliphatic heterocycles. The van der Waals surface area contributed by atoms with E-state index < -0.39 is 17.6 Å². The smallest absolute Gasteiger partial charge is 0.164 e. The largest absolute Gasteiger partial charge is 0.294 e. The summed E-state index contributed by atoms with van der Waals surface area (Å²) in [5, 5.41) is -0.131. The highest BCUT2D eigenvalue weighted by atomic mass is 35.5. The third-order valence-corrected chi connectivity index (χ3v) is 3.75. The van der Waals surface area contributed by atoms with Gasteiger partial charge in [-0.15, -0.1) is 0 Å². The fourth-order valence-corrected chi connectivity index (χ4v) is 2.74. The molecule has 0 saturated carbocycles. The van der Waals surface area contributed by atoms with Crippen LogP contribution in [0, 0.1) is 11.6 Å². The van der Waals surface area contributed by atoms with Crippen molar-refractivity contribution in [2.45, 2.75) is 12.3 Å². The maximum atomic E-state index is 14.1. The first kappa shape index (κ1) is 12.3. The van der Waals surface area contributed by atoms with Gasteiger partial charge >= 0.3 is 0 Å². The molecular formula is C15H9ClF2O. The molecule has 2 aromatic carbocycles. The van der Waals surface area contributed by atoms with Crippen LogP contribution >= 0.6 is 11.6 Å². The lowest BCUT2D eigenvalue weighted by atomic mass is 9.92. The quantitative estimate of drug-likeness (QED) is 0.709. The number of carbonyl (C=O) groups excluding carboxylic acids is 1. The summed E-state index contributed by atoms with van der Waals surface area (Å²) < 4.78 is 27.9. The van der Waals surface area contributed by atoms with Crippen molar-refractivity contribution in [1.82, 2.24) is 0 Å². The average Bonchev–Trinajstić information content (AvgIpc) is 2.73. The lowest BCUT2D eigenvalue weighted by Gasteiger charge is -2.14. The maximum absolute atomic E-state index is 14.1. The first-order valence-electron chi connectivity index (χ1n) is 5.85. The van der Waals surface area contributed by atoms with E-state index in [1.807, 2.05) is 0 Å². The van der Waals surface area contributed by atoms with Crippen LogP contribution < -0.4 is 0 Å². The fraction of sp³-hybridized carbons (Fsp3) is 0.133. The van der Waals surface area contributed by atoms with Gasteiger partial charge in [0.15, 0.2) is 5.78 Å². The zero-order valence-corrected chi connectivity index (χ0v) is 10.5. The van der Waals surface area contributed by atoms with Crippen molar-refractivity contribution in [3.8, 4) is 0 Å². The molecule has 3 rings (SSSR count). The van der Waals surface area contributed by atoms with E-state index in [2.05, 4.69) is 0 Å². The fourth-order valence-electron chi connectivity index (χ4n) is 2.58. The summed E-state index contributed by atoms with van der Waals surface area (Å²) in [5.41, 5.74) is 1.07. The molecule has 4 heteroatoms. The van der Waals surface area contributed by atoms with E-state index in [9.17, 15) is 13.6 Å². The van der Waals surface area contributed by atoms with Gasteiger partial charge in [0.1, 0.15) is 11.6 Å². The Balaban J connectivity index is 2.21. The van der Waals surface area contributed by atoms with Crippen molar-refractivity contribution in [2.75, 3.05) is 0 Å². The van der Waals surface area contributed by atoms with Crippen molar-refractivity contribution in [1.29, 1.82) is 0 Å². The lowest BCUT2D eigenvalue weighted by molar-refractivity contribution is 0.0991. The molecule has 0 spiro atoms. The SMILES string of the molecule is O=C1C[C@H](c2c(F)ccc(Cl)c2F)c2ccccc21. The molecule has 0 saturated heterocycles. The van der Waals surface area contributed by atoms with Gasteiger partial charge in [-0.25, -0.2) is 8.78 Å². The van der Waals surface area contributed by atoms with Gasteiger partial charge in [0, 0.05) is 23.5 Å². The van der Waals surface area contributed by atoms with E-state index in [1.54, 1.807) is 24.3 Å². The zero-order chi connectivity index (χ0) is 13.6. The summed E-state index contributed by atoms with van der Waals surface area (Å²) >= 11 is 5.70. The van der Waals surface area contributed by atoms with E-state index >= 15 is 0 Å². The summed E-state index contributed by atoms with van der Waals surface area (Å²) in [6, 6.07) is 9.21. The highest BCUT2D eigenvalue weighted by molar-refractivity contribution is 6.30. The molecule has 1 atom stereocenters. The molecule has 0 aromatic heterocycles. The molecular weight excluding hydrogens is 270 g/mol.